The number of anilines is 1. The molecular weight excluding hydrogens is 439 g/mol. The van der Waals surface area contributed by atoms with Crippen molar-refractivity contribution in [2.24, 2.45) is 5.92 Å². The van der Waals surface area contributed by atoms with Crippen LogP contribution in [0.25, 0.3) is 0 Å². The van der Waals surface area contributed by atoms with Gasteiger partial charge in [0.15, 0.2) is 0 Å². The molecule has 5 nitrogen and oxygen atoms in total. The van der Waals surface area contributed by atoms with Crippen molar-refractivity contribution < 1.29 is 17.6 Å². The van der Waals surface area contributed by atoms with E-state index < -0.39 is 15.8 Å². The van der Waals surface area contributed by atoms with Crippen molar-refractivity contribution in [1.82, 2.24) is 4.90 Å². The number of rotatable bonds is 6. The van der Waals surface area contributed by atoms with Gasteiger partial charge in [0.25, 0.3) is 15.9 Å². The highest BCUT2D eigenvalue weighted by Gasteiger charge is 2.26. The summed E-state index contributed by atoms with van der Waals surface area (Å²) in [6.07, 6.45) is 2.81. The zero-order chi connectivity index (χ0) is 23.4. The van der Waals surface area contributed by atoms with Crippen molar-refractivity contribution in [3.8, 4) is 0 Å². The van der Waals surface area contributed by atoms with Crippen molar-refractivity contribution >= 4 is 21.6 Å². The lowest BCUT2D eigenvalue weighted by atomic mass is 9.90. The third-order valence-corrected chi connectivity index (χ3v) is 7.62. The van der Waals surface area contributed by atoms with Crippen LogP contribution < -0.4 is 4.72 Å². The van der Waals surface area contributed by atoms with Crippen molar-refractivity contribution in [2.75, 3.05) is 17.8 Å². The molecule has 0 spiro atoms. The van der Waals surface area contributed by atoms with E-state index in [1.807, 2.05) is 18.2 Å². The minimum atomic E-state index is -3.98. The lowest BCUT2D eigenvalue weighted by Crippen LogP contribution is -2.39. The highest BCUT2D eigenvalue weighted by molar-refractivity contribution is 7.92. The Morgan fingerprint density at radius 1 is 1.00 bits per heavy atom. The number of nitrogens with one attached hydrogen (secondary N) is 1. The molecule has 1 aliphatic heterocycles. The number of hydrogen-bond acceptors (Lipinski definition) is 3. The molecule has 0 atom stereocenters. The SMILES string of the molecule is Cc1cc(F)ccc1S(=O)(=O)Nc1ccccc1C(=O)N1CCC(Cc2ccccc2)CC1. The number of carbonyl (C=O) groups excluding carboxylic acids is 1. The number of aryl methyl sites for hydroxylation is 1. The van der Waals surface area contributed by atoms with E-state index in [4.69, 9.17) is 0 Å². The number of benzene rings is 3. The predicted octanol–water partition coefficient (Wildman–Crippen LogP) is 5.03. The maximum absolute atomic E-state index is 13.4. The third kappa shape index (κ3) is 5.42. The number of hydrogen-bond donors (Lipinski definition) is 1. The molecule has 0 unspecified atom stereocenters. The smallest absolute Gasteiger partial charge is 0.262 e. The number of carbonyl (C=O) groups is 1. The van der Waals surface area contributed by atoms with E-state index in [-0.39, 0.29) is 16.5 Å². The molecular formula is C26H27FN2O3S. The molecule has 33 heavy (non-hydrogen) atoms. The molecule has 1 saturated heterocycles. The fourth-order valence-corrected chi connectivity index (χ4v) is 5.64. The molecule has 0 aliphatic carbocycles. The monoisotopic (exact) mass is 466 g/mol. The molecule has 1 N–H and O–H groups in total. The van der Waals surface area contributed by atoms with Crippen LogP contribution in [0.1, 0.15) is 34.3 Å². The van der Waals surface area contributed by atoms with Crippen molar-refractivity contribution in [3.05, 3.63) is 95.3 Å². The second-order valence-electron chi connectivity index (χ2n) is 8.49. The molecule has 1 amide bonds. The molecule has 1 heterocycles. The Hall–Kier alpha value is -3.19. The average molecular weight is 467 g/mol. The van der Waals surface area contributed by atoms with Crippen LogP contribution in [0.4, 0.5) is 10.1 Å². The van der Waals surface area contributed by atoms with Gasteiger partial charge in [-0.05, 0) is 73.6 Å². The molecule has 0 aromatic heterocycles. The topological polar surface area (TPSA) is 66.5 Å². The van der Waals surface area contributed by atoms with Gasteiger partial charge in [-0.3, -0.25) is 9.52 Å². The Bertz CT molecular complexity index is 1240. The van der Waals surface area contributed by atoms with Gasteiger partial charge in [-0.2, -0.15) is 0 Å². The van der Waals surface area contributed by atoms with Crippen LogP contribution in [0, 0.1) is 18.7 Å². The highest BCUT2D eigenvalue weighted by atomic mass is 32.2. The molecule has 4 rings (SSSR count). The number of likely N-dealkylation sites (tertiary alicyclic amines) is 1. The number of nitrogens with zero attached hydrogens (tertiary/aromatic N) is 1. The second-order valence-corrected chi connectivity index (χ2v) is 10.1. The van der Waals surface area contributed by atoms with Crippen LogP contribution >= 0.6 is 0 Å². The van der Waals surface area contributed by atoms with Gasteiger partial charge in [0, 0.05) is 13.1 Å². The molecule has 3 aromatic carbocycles. The van der Waals surface area contributed by atoms with Gasteiger partial charge >= 0.3 is 0 Å². The summed E-state index contributed by atoms with van der Waals surface area (Å²) >= 11 is 0. The quantitative estimate of drug-likeness (QED) is 0.554. The Kier molecular flexibility index (Phi) is 6.79. The van der Waals surface area contributed by atoms with Crippen molar-refractivity contribution in [1.29, 1.82) is 0 Å². The largest absolute Gasteiger partial charge is 0.339 e. The van der Waals surface area contributed by atoms with E-state index in [1.165, 1.54) is 24.6 Å². The molecule has 0 saturated carbocycles. The lowest BCUT2D eigenvalue weighted by molar-refractivity contribution is 0.0691. The Labute approximate surface area is 194 Å². The molecule has 172 valence electrons. The van der Waals surface area contributed by atoms with Gasteiger partial charge in [0.05, 0.1) is 16.1 Å². The minimum absolute atomic E-state index is 0.0205. The molecule has 1 fully saturated rings. The first-order chi connectivity index (χ1) is 15.8. The summed E-state index contributed by atoms with van der Waals surface area (Å²) in [4.78, 5) is 15.0. The summed E-state index contributed by atoms with van der Waals surface area (Å²) < 4.78 is 41.8. The van der Waals surface area contributed by atoms with Crippen LogP contribution in [0.2, 0.25) is 0 Å². The van der Waals surface area contributed by atoms with E-state index in [0.29, 0.717) is 30.1 Å². The fourth-order valence-electron chi connectivity index (χ4n) is 4.33. The average Bonchev–Trinajstić information content (AvgIpc) is 2.80. The molecule has 0 radical (unpaired) electrons. The van der Waals surface area contributed by atoms with Gasteiger partial charge in [0.1, 0.15) is 5.82 Å². The standard InChI is InChI=1S/C26H27FN2O3S/c1-19-17-22(27)11-12-25(19)33(31,32)28-24-10-6-5-9-23(24)26(30)29-15-13-21(14-16-29)18-20-7-3-2-4-8-20/h2-12,17,21,28H,13-16,18H2,1H3. The van der Waals surface area contributed by atoms with E-state index in [0.717, 1.165) is 25.3 Å². The third-order valence-electron chi connectivity index (χ3n) is 6.10. The number of para-hydroxylation sites is 1. The number of halogens is 1. The summed E-state index contributed by atoms with van der Waals surface area (Å²) in [5.41, 5.74) is 2.13. The Balaban J connectivity index is 1.46. The van der Waals surface area contributed by atoms with E-state index in [9.17, 15) is 17.6 Å². The first-order valence-electron chi connectivity index (χ1n) is 11.0. The normalized spacial score (nSPS) is 14.8. The zero-order valence-corrected chi connectivity index (χ0v) is 19.3. The zero-order valence-electron chi connectivity index (χ0n) is 18.5. The predicted molar refractivity (Wildman–Crippen MR) is 127 cm³/mol. The Morgan fingerprint density at radius 2 is 1.67 bits per heavy atom. The van der Waals surface area contributed by atoms with Gasteiger partial charge in [0.2, 0.25) is 0 Å². The van der Waals surface area contributed by atoms with Crippen LogP contribution in [0.3, 0.4) is 0 Å². The van der Waals surface area contributed by atoms with Gasteiger partial charge < -0.3 is 4.90 Å². The van der Waals surface area contributed by atoms with Gasteiger partial charge in [-0.1, -0.05) is 42.5 Å². The molecule has 1 aliphatic rings. The maximum atomic E-state index is 13.4. The second kappa shape index (κ2) is 9.75. The van der Waals surface area contributed by atoms with Crippen LogP contribution in [-0.2, 0) is 16.4 Å². The molecule has 7 heteroatoms. The summed E-state index contributed by atoms with van der Waals surface area (Å²) in [5, 5.41) is 0. The number of amides is 1. The number of piperidine rings is 1. The first kappa shape index (κ1) is 23.0. The lowest BCUT2D eigenvalue weighted by Gasteiger charge is -2.32. The fraction of sp³-hybridized carbons (Fsp3) is 0.269. The summed E-state index contributed by atoms with van der Waals surface area (Å²) in [6, 6.07) is 20.5. The van der Waals surface area contributed by atoms with Gasteiger partial charge in [-0.25, -0.2) is 12.8 Å². The maximum Gasteiger partial charge on any atom is 0.262 e. The number of sulfonamides is 1. The van der Waals surface area contributed by atoms with Crippen molar-refractivity contribution in [3.63, 3.8) is 0 Å². The van der Waals surface area contributed by atoms with Crippen LogP contribution in [0.5, 0.6) is 0 Å². The highest BCUT2D eigenvalue weighted by Crippen LogP contribution is 2.27. The van der Waals surface area contributed by atoms with Gasteiger partial charge in [-0.15, -0.1) is 0 Å². The van der Waals surface area contributed by atoms with E-state index >= 15 is 0 Å². The molecule has 0 bridgehead atoms. The van der Waals surface area contributed by atoms with E-state index in [2.05, 4.69) is 16.9 Å². The summed E-state index contributed by atoms with van der Waals surface area (Å²) in [7, 11) is -3.98. The minimum Gasteiger partial charge on any atom is -0.339 e. The Morgan fingerprint density at radius 3 is 2.36 bits per heavy atom. The van der Waals surface area contributed by atoms with Crippen LogP contribution in [-0.4, -0.2) is 32.3 Å². The van der Waals surface area contributed by atoms with Crippen molar-refractivity contribution in [2.45, 2.75) is 31.1 Å². The molecule has 3 aromatic rings. The summed E-state index contributed by atoms with van der Waals surface area (Å²) in [6.45, 7) is 2.80. The first-order valence-corrected chi connectivity index (χ1v) is 12.5. The van der Waals surface area contributed by atoms with E-state index in [1.54, 1.807) is 29.2 Å². The van der Waals surface area contributed by atoms with Crippen LogP contribution in [0.15, 0.2) is 77.7 Å². The summed E-state index contributed by atoms with van der Waals surface area (Å²) in [5.74, 6) is -0.174.